The molecule has 0 saturated carbocycles. The molecule has 0 radical (unpaired) electrons. The smallest absolute Gasteiger partial charge is 0.405 e. The lowest BCUT2D eigenvalue weighted by Crippen LogP contribution is -2.34. The molecule has 0 aliphatic rings. The molecule has 1 aromatic heterocycles. The number of nitrogens with one attached hydrogen (secondary N) is 3. The van der Waals surface area contributed by atoms with Crippen LogP contribution in [-0.4, -0.2) is 70.5 Å². The fourth-order valence-electron chi connectivity index (χ4n) is 2.94. The lowest BCUT2D eigenvalue weighted by Gasteiger charge is -2.10. The van der Waals surface area contributed by atoms with Crippen LogP contribution in [0, 0.1) is 0 Å². The zero-order valence-corrected chi connectivity index (χ0v) is 18.0. The second-order valence-corrected chi connectivity index (χ2v) is 7.13. The number of carbonyl (C=O) groups is 3. The molecule has 0 unspecified atom stereocenters. The van der Waals surface area contributed by atoms with E-state index < -0.39 is 37.3 Å². The van der Waals surface area contributed by atoms with Gasteiger partial charge in [-0.1, -0.05) is 11.6 Å². The number of amides is 3. The van der Waals surface area contributed by atoms with Gasteiger partial charge in [-0.2, -0.15) is 13.2 Å². The summed E-state index contributed by atoms with van der Waals surface area (Å²) in [4.78, 5) is 34.9. The normalized spacial score (nSPS) is 11.2. The van der Waals surface area contributed by atoms with Crippen LogP contribution in [0.3, 0.4) is 0 Å². The van der Waals surface area contributed by atoms with Gasteiger partial charge in [-0.15, -0.1) is 5.10 Å². The molecule has 2 aromatic rings. The van der Waals surface area contributed by atoms with Crippen molar-refractivity contribution in [2.45, 2.75) is 31.9 Å². The predicted octanol–water partition coefficient (Wildman–Crippen LogP) is 2.24. The quantitative estimate of drug-likeness (QED) is 0.267. The lowest BCUT2D eigenvalue weighted by atomic mass is 10.1. The molecule has 1 heterocycles. The van der Waals surface area contributed by atoms with Gasteiger partial charge in [0.05, 0.1) is 18.1 Å². The van der Waals surface area contributed by atoms with Gasteiger partial charge in [0, 0.05) is 18.7 Å². The molecule has 0 fully saturated rings. The lowest BCUT2D eigenvalue weighted by molar-refractivity contribution is -0.123. The highest BCUT2D eigenvalue weighted by Gasteiger charge is 2.28. The van der Waals surface area contributed by atoms with Gasteiger partial charge < -0.3 is 21.1 Å². The Morgan fingerprint density at radius 2 is 1.62 bits per heavy atom. The number of alkyl halides is 4. The summed E-state index contributed by atoms with van der Waals surface area (Å²) in [5, 5.41) is 22.9. The zero-order chi connectivity index (χ0) is 25.1. The van der Waals surface area contributed by atoms with Crippen LogP contribution in [0.4, 0.5) is 22.4 Å². The van der Waals surface area contributed by atoms with E-state index in [0.29, 0.717) is 37.1 Å². The highest BCUT2D eigenvalue weighted by atomic mass is 19.4. The molecule has 1 aromatic carbocycles. The van der Waals surface area contributed by atoms with E-state index in [2.05, 4.69) is 20.9 Å². The van der Waals surface area contributed by atoms with Crippen molar-refractivity contribution in [2.75, 3.05) is 26.3 Å². The molecule has 0 atom stereocenters. The number of carboxylic acid groups (broad SMARTS) is 1. The van der Waals surface area contributed by atoms with Gasteiger partial charge >= 0.3 is 12.3 Å². The average molecular weight is 488 g/mol. The molecule has 0 aliphatic carbocycles. The van der Waals surface area contributed by atoms with Gasteiger partial charge in [-0.3, -0.25) is 14.0 Å². The molecule has 186 valence electrons. The molecule has 0 saturated heterocycles. The molecule has 0 aliphatic heterocycles. The largest absolute Gasteiger partial charge is 0.465 e. The summed E-state index contributed by atoms with van der Waals surface area (Å²) in [6.07, 6.45) is -3.99. The first-order valence-electron chi connectivity index (χ1n) is 10.3. The maximum atomic E-state index is 12.5. The highest BCUT2D eigenvalue weighted by molar-refractivity contribution is 5.94. The SMILES string of the molecule is O=C(O)NCCNC(=O)c1nnn(-c2ccc(C(=O)NCC(F)(F)F)cc2)c1CCCCCF. The summed E-state index contributed by atoms with van der Waals surface area (Å²) >= 11 is 0. The number of unbranched alkanes of at least 4 members (excludes halogenated alkanes) is 2. The molecular weight excluding hydrogens is 464 g/mol. The Morgan fingerprint density at radius 1 is 0.941 bits per heavy atom. The van der Waals surface area contributed by atoms with Gasteiger partial charge in [0.2, 0.25) is 0 Å². The van der Waals surface area contributed by atoms with E-state index in [4.69, 9.17) is 5.11 Å². The fourth-order valence-corrected chi connectivity index (χ4v) is 2.94. The monoisotopic (exact) mass is 488 g/mol. The highest BCUT2D eigenvalue weighted by Crippen LogP contribution is 2.18. The van der Waals surface area contributed by atoms with Gasteiger partial charge in [0.25, 0.3) is 11.8 Å². The Morgan fingerprint density at radius 3 is 2.24 bits per heavy atom. The summed E-state index contributed by atoms with van der Waals surface area (Å²) in [6.45, 7) is -1.93. The van der Waals surface area contributed by atoms with Crippen molar-refractivity contribution in [3.63, 3.8) is 0 Å². The minimum atomic E-state index is -4.53. The number of halogens is 4. The van der Waals surface area contributed by atoms with Gasteiger partial charge in [-0.25, -0.2) is 9.48 Å². The van der Waals surface area contributed by atoms with Crippen LogP contribution in [0.5, 0.6) is 0 Å². The molecule has 0 bridgehead atoms. The van der Waals surface area contributed by atoms with Gasteiger partial charge in [-0.05, 0) is 43.5 Å². The maximum Gasteiger partial charge on any atom is 0.405 e. The van der Waals surface area contributed by atoms with Crippen molar-refractivity contribution >= 4 is 17.9 Å². The predicted molar refractivity (Wildman–Crippen MR) is 112 cm³/mol. The Hall–Kier alpha value is -3.71. The number of hydrogen-bond donors (Lipinski definition) is 4. The maximum absolute atomic E-state index is 12.5. The van der Waals surface area contributed by atoms with Crippen molar-refractivity contribution in [1.82, 2.24) is 30.9 Å². The van der Waals surface area contributed by atoms with Crippen LogP contribution < -0.4 is 16.0 Å². The molecule has 3 amide bonds. The molecule has 14 heteroatoms. The number of rotatable bonds is 12. The second-order valence-electron chi connectivity index (χ2n) is 7.13. The molecule has 0 spiro atoms. The number of benzene rings is 1. The third-order valence-electron chi connectivity index (χ3n) is 4.54. The number of nitrogens with zero attached hydrogens (tertiary/aromatic N) is 3. The number of aromatic nitrogens is 3. The van der Waals surface area contributed by atoms with Crippen molar-refractivity contribution in [2.24, 2.45) is 0 Å². The first kappa shape index (κ1) is 26.5. The van der Waals surface area contributed by atoms with Gasteiger partial charge in [0.15, 0.2) is 5.69 Å². The molecule has 10 nitrogen and oxygen atoms in total. The summed E-state index contributed by atoms with van der Waals surface area (Å²) < 4.78 is 50.7. The minimum Gasteiger partial charge on any atom is -0.465 e. The Balaban J connectivity index is 2.18. The Labute approximate surface area is 191 Å². The van der Waals surface area contributed by atoms with Crippen LogP contribution >= 0.6 is 0 Å². The van der Waals surface area contributed by atoms with Crippen molar-refractivity contribution in [3.8, 4) is 5.69 Å². The van der Waals surface area contributed by atoms with E-state index in [-0.39, 0.29) is 24.3 Å². The van der Waals surface area contributed by atoms with Crippen LogP contribution in [-0.2, 0) is 6.42 Å². The van der Waals surface area contributed by atoms with Crippen LogP contribution in [0.25, 0.3) is 5.69 Å². The van der Waals surface area contributed by atoms with E-state index in [1.807, 2.05) is 0 Å². The summed E-state index contributed by atoms with van der Waals surface area (Å²) in [7, 11) is 0. The molecule has 34 heavy (non-hydrogen) atoms. The van der Waals surface area contributed by atoms with Crippen molar-refractivity contribution in [3.05, 3.63) is 41.2 Å². The van der Waals surface area contributed by atoms with Crippen LogP contribution in [0.15, 0.2) is 24.3 Å². The molecule has 4 N–H and O–H groups in total. The van der Waals surface area contributed by atoms with E-state index in [9.17, 15) is 31.9 Å². The first-order chi connectivity index (χ1) is 16.1. The second kappa shape index (κ2) is 12.5. The zero-order valence-electron chi connectivity index (χ0n) is 18.0. The Bertz CT molecular complexity index is 978. The average Bonchev–Trinajstić information content (AvgIpc) is 3.21. The third kappa shape index (κ3) is 8.33. The number of carbonyl (C=O) groups excluding carboxylic acids is 2. The molecular formula is C20H24F4N6O4. The molecule has 2 rings (SSSR count). The fraction of sp³-hybridized carbons (Fsp3) is 0.450. The van der Waals surface area contributed by atoms with E-state index in [1.165, 1.54) is 28.9 Å². The van der Waals surface area contributed by atoms with Crippen LogP contribution in [0.2, 0.25) is 0 Å². The van der Waals surface area contributed by atoms with Crippen LogP contribution in [0.1, 0.15) is 45.8 Å². The standard InChI is InChI=1S/C20H24F4N6O4/c21-9-3-1-2-4-15-16(18(32)25-10-11-26-19(33)34)28-29-30(15)14-7-5-13(6-8-14)17(31)27-12-20(22,23)24/h5-8,26H,1-4,9-12H2,(H,25,32)(H,27,31)(H,33,34). The van der Waals surface area contributed by atoms with Crippen molar-refractivity contribution in [1.29, 1.82) is 0 Å². The van der Waals surface area contributed by atoms with Crippen molar-refractivity contribution < 1.29 is 37.1 Å². The summed E-state index contributed by atoms with van der Waals surface area (Å²) in [5.41, 5.74) is 0.827. The summed E-state index contributed by atoms with van der Waals surface area (Å²) in [6, 6.07) is 5.52. The minimum absolute atomic E-state index is 0.00140. The number of hydrogen-bond acceptors (Lipinski definition) is 5. The first-order valence-corrected chi connectivity index (χ1v) is 10.3. The van der Waals surface area contributed by atoms with Gasteiger partial charge in [0.1, 0.15) is 6.54 Å². The van der Waals surface area contributed by atoms with E-state index >= 15 is 0 Å². The Kier molecular flexibility index (Phi) is 9.76. The summed E-state index contributed by atoms with van der Waals surface area (Å²) in [5.74, 6) is -1.48. The van der Waals surface area contributed by atoms with E-state index in [0.717, 1.165) is 0 Å². The third-order valence-corrected chi connectivity index (χ3v) is 4.54. The topological polar surface area (TPSA) is 138 Å². The van der Waals surface area contributed by atoms with E-state index in [1.54, 1.807) is 5.32 Å².